The molecular weight excluding hydrogens is 246 g/mol. The molecule has 1 unspecified atom stereocenters. The number of hydrogen-bond acceptors (Lipinski definition) is 4. The zero-order valence-corrected chi connectivity index (χ0v) is 11.4. The Balaban J connectivity index is 2.20. The number of hydrogen-bond donors (Lipinski definition) is 2. The van der Waals surface area contributed by atoms with Gasteiger partial charge >= 0.3 is 0 Å². The van der Waals surface area contributed by atoms with Gasteiger partial charge in [-0.25, -0.2) is 4.98 Å². The number of anilines is 1. The van der Waals surface area contributed by atoms with Crippen LogP contribution in [-0.4, -0.2) is 17.4 Å². The van der Waals surface area contributed by atoms with Crippen LogP contribution in [0.25, 0.3) is 10.2 Å². The van der Waals surface area contributed by atoms with Crippen LogP contribution in [-0.2, 0) is 0 Å². The van der Waals surface area contributed by atoms with Crippen molar-refractivity contribution >= 4 is 33.1 Å². The summed E-state index contributed by atoms with van der Waals surface area (Å²) in [5.74, 6) is 0.374. The van der Waals surface area contributed by atoms with E-state index in [1.54, 1.807) is 6.20 Å². The summed E-state index contributed by atoms with van der Waals surface area (Å²) in [5, 5.41) is 3.77. The molecule has 0 aliphatic carbocycles. The Labute approximate surface area is 110 Å². The largest absolute Gasteiger partial charge is 0.397 e. The summed E-state index contributed by atoms with van der Waals surface area (Å²) in [5.41, 5.74) is 6.52. The van der Waals surface area contributed by atoms with Crippen LogP contribution >= 0.6 is 11.3 Å². The molecule has 0 saturated heterocycles. The van der Waals surface area contributed by atoms with Gasteiger partial charge in [0.05, 0.1) is 5.69 Å². The lowest BCUT2D eigenvalue weighted by atomic mass is 10.1. The molecule has 3 N–H and O–H groups in total. The molecule has 1 atom stereocenters. The summed E-state index contributed by atoms with van der Waals surface area (Å²) in [6.07, 6.45) is 2.75. The van der Waals surface area contributed by atoms with E-state index in [2.05, 4.69) is 24.1 Å². The van der Waals surface area contributed by atoms with Crippen LogP contribution < -0.4 is 11.1 Å². The molecule has 96 valence electrons. The van der Waals surface area contributed by atoms with E-state index in [-0.39, 0.29) is 5.91 Å². The predicted octanol–water partition coefficient (Wildman–Crippen LogP) is 2.65. The van der Waals surface area contributed by atoms with Gasteiger partial charge < -0.3 is 11.1 Å². The van der Waals surface area contributed by atoms with Crippen LogP contribution in [0.4, 0.5) is 5.69 Å². The lowest BCUT2D eigenvalue weighted by molar-refractivity contribution is 0.0953. The van der Waals surface area contributed by atoms with Crippen LogP contribution in [0.3, 0.4) is 0 Å². The summed E-state index contributed by atoms with van der Waals surface area (Å²) in [6, 6.07) is 3.71. The first-order valence-electron chi connectivity index (χ1n) is 6.04. The molecule has 4 nitrogen and oxygen atoms in total. The van der Waals surface area contributed by atoms with Gasteiger partial charge in [-0.05, 0) is 18.1 Å². The number of rotatable bonds is 4. The summed E-state index contributed by atoms with van der Waals surface area (Å²) < 4.78 is 0. The van der Waals surface area contributed by atoms with Crippen molar-refractivity contribution in [2.24, 2.45) is 5.92 Å². The number of nitrogens with zero attached hydrogens (tertiary/aromatic N) is 1. The van der Waals surface area contributed by atoms with Crippen LogP contribution in [0.1, 0.15) is 29.9 Å². The van der Waals surface area contributed by atoms with Crippen molar-refractivity contribution in [1.82, 2.24) is 10.3 Å². The lowest BCUT2D eigenvalue weighted by Crippen LogP contribution is -2.27. The van der Waals surface area contributed by atoms with E-state index in [4.69, 9.17) is 5.73 Å². The number of thiophene rings is 1. The number of carbonyl (C=O) groups excluding carboxylic acids is 1. The Morgan fingerprint density at radius 1 is 1.61 bits per heavy atom. The van der Waals surface area contributed by atoms with Gasteiger partial charge in [0, 0.05) is 18.1 Å². The number of nitrogens with two attached hydrogens (primary N) is 1. The molecule has 0 radical (unpaired) electrons. The predicted molar refractivity (Wildman–Crippen MR) is 75.8 cm³/mol. The molecule has 1 amide bonds. The van der Waals surface area contributed by atoms with Crippen molar-refractivity contribution in [1.29, 1.82) is 0 Å². The van der Waals surface area contributed by atoms with Gasteiger partial charge in [0.2, 0.25) is 0 Å². The highest BCUT2D eigenvalue weighted by atomic mass is 32.1. The average Bonchev–Trinajstić information content (AvgIpc) is 2.73. The van der Waals surface area contributed by atoms with Crippen molar-refractivity contribution in [3.05, 3.63) is 23.2 Å². The molecule has 0 aromatic carbocycles. The van der Waals surface area contributed by atoms with Gasteiger partial charge in [0.25, 0.3) is 5.91 Å². The minimum Gasteiger partial charge on any atom is -0.397 e. The van der Waals surface area contributed by atoms with Gasteiger partial charge in [-0.1, -0.05) is 20.3 Å². The minimum atomic E-state index is -0.101. The number of pyridine rings is 1. The van der Waals surface area contributed by atoms with E-state index in [0.29, 0.717) is 23.0 Å². The number of nitrogens with one attached hydrogen (secondary N) is 1. The third-order valence-corrected chi connectivity index (χ3v) is 4.15. The number of fused-ring (bicyclic) bond motifs is 1. The van der Waals surface area contributed by atoms with Crippen molar-refractivity contribution in [3.8, 4) is 0 Å². The lowest BCUT2D eigenvalue weighted by Gasteiger charge is -2.09. The number of nitrogen functional groups attached to an aromatic ring is 1. The second-order valence-electron chi connectivity index (χ2n) is 4.42. The first kappa shape index (κ1) is 12.8. The van der Waals surface area contributed by atoms with E-state index in [1.165, 1.54) is 11.3 Å². The van der Waals surface area contributed by atoms with Gasteiger partial charge in [0.1, 0.15) is 9.71 Å². The molecule has 2 aromatic rings. The Morgan fingerprint density at radius 3 is 3.06 bits per heavy atom. The normalized spacial score (nSPS) is 12.6. The molecule has 2 aromatic heterocycles. The molecule has 18 heavy (non-hydrogen) atoms. The fourth-order valence-electron chi connectivity index (χ4n) is 1.61. The SMILES string of the molecule is CCC(C)CNC(=O)c1sc2ncccc2c1N. The zero-order valence-electron chi connectivity index (χ0n) is 10.6. The third-order valence-electron chi connectivity index (χ3n) is 3.02. The van der Waals surface area contributed by atoms with Gasteiger partial charge in [-0.3, -0.25) is 4.79 Å². The van der Waals surface area contributed by atoms with Crippen molar-refractivity contribution < 1.29 is 4.79 Å². The molecule has 2 rings (SSSR count). The standard InChI is InChI=1S/C13H17N3OS/c1-3-8(2)7-16-12(17)11-10(14)9-5-4-6-15-13(9)18-11/h4-6,8H,3,7,14H2,1-2H3,(H,16,17). The molecule has 0 spiro atoms. The fraction of sp³-hybridized carbons (Fsp3) is 0.385. The zero-order chi connectivity index (χ0) is 13.1. The second kappa shape index (κ2) is 5.35. The maximum absolute atomic E-state index is 12.0. The van der Waals surface area contributed by atoms with Gasteiger partial charge in [0.15, 0.2) is 0 Å². The summed E-state index contributed by atoms with van der Waals surface area (Å²) >= 11 is 1.34. The Morgan fingerprint density at radius 2 is 2.39 bits per heavy atom. The van der Waals surface area contributed by atoms with Crippen LogP contribution in [0, 0.1) is 5.92 Å². The minimum absolute atomic E-state index is 0.101. The van der Waals surface area contributed by atoms with E-state index >= 15 is 0 Å². The number of aromatic nitrogens is 1. The van der Waals surface area contributed by atoms with E-state index in [9.17, 15) is 4.79 Å². The highest BCUT2D eigenvalue weighted by Crippen LogP contribution is 2.31. The monoisotopic (exact) mass is 263 g/mol. The van der Waals surface area contributed by atoms with E-state index in [1.807, 2.05) is 12.1 Å². The van der Waals surface area contributed by atoms with Crippen LogP contribution in [0.5, 0.6) is 0 Å². The topological polar surface area (TPSA) is 68.0 Å². The maximum atomic E-state index is 12.0. The molecule has 0 saturated carbocycles. The smallest absolute Gasteiger partial charge is 0.263 e. The number of carbonyl (C=O) groups is 1. The molecule has 5 heteroatoms. The molecular formula is C13H17N3OS. The van der Waals surface area contributed by atoms with E-state index in [0.717, 1.165) is 16.6 Å². The van der Waals surface area contributed by atoms with E-state index < -0.39 is 0 Å². The fourth-order valence-corrected chi connectivity index (χ4v) is 2.59. The first-order chi connectivity index (χ1) is 8.63. The Kier molecular flexibility index (Phi) is 3.81. The summed E-state index contributed by atoms with van der Waals surface area (Å²) in [7, 11) is 0. The van der Waals surface area contributed by atoms with Gasteiger partial charge in [-0.2, -0.15) is 0 Å². The Bertz CT molecular complexity index is 564. The average molecular weight is 263 g/mol. The quantitative estimate of drug-likeness (QED) is 0.891. The highest BCUT2D eigenvalue weighted by Gasteiger charge is 2.16. The van der Waals surface area contributed by atoms with Crippen molar-refractivity contribution in [3.63, 3.8) is 0 Å². The summed E-state index contributed by atoms with van der Waals surface area (Å²) in [6.45, 7) is 4.89. The molecule has 0 aliphatic heterocycles. The first-order valence-corrected chi connectivity index (χ1v) is 6.86. The highest BCUT2D eigenvalue weighted by molar-refractivity contribution is 7.21. The van der Waals surface area contributed by atoms with Gasteiger partial charge in [-0.15, -0.1) is 11.3 Å². The van der Waals surface area contributed by atoms with Crippen molar-refractivity contribution in [2.45, 2.75) is 20.3 Å². The van der Waals surface area contributed by atoms with Crippen LogP contribution in [0.2, 0.25) is 0 Å². The Hall–Kier alpha value is -1.62. The molecule has 2 heterocycles. The molecule has 0 aliphatic rings. The summed E-state index contributed by atoms with van der Waals surface area (Å²) in [4.78, 5) is 17.6. The molecule has 0 bridgehead atoms. The number of amides is 1. The van der Waals surface area contributed by atoms with Crippen molar-refractivity contribution in [2.75, 3.05) is 12.3 Å². The maximum Gasteiger partial charge on any atom is 0.263 e. The van der Waals surface area contributed by atoms with Crippen LogP contribution in [0.15, 0.2) is 18.3 Å². The molecule has 0 fully saturated rings. The third kappa shape index (κ3) is 2.46. The second-order valence-corrected chi connectivity index (χ2v) is 5.42.